The molecule has 0 bridgehead atoms. The Balaban J connectivity index is 1.84. The van der Waals surface area contributed by atoms with Crippen LogP contribution in [0.1, 0.15) is 72.1 Å². The number of nitrogens with one attached hydrogen (secondary N) is 1. The minimum Gasteiger partial charge on any atom is -0.316 e. The van der Waals surface area contributed by atoms with Crippen LogP contribution in [0.5, 0.6) is 0 Å². The third-order valence-electron chi connectivity index (χ3n) is 4.44. The van der Waals surface area contributed by atoms with Gasteiger partial charge in [-0.1, -0.05) is 45.4 Å². The van der Waals surface area contributed by atoms with Crippen molar-refractivity contribution in [3.8, 4) is 0 Å². The molecule has 1 fully saturated rings. The van der Waals surface area contributed by atoms with E-state index in [1.54, 1.807) is 0 Å². The minimum absolute atomic E-state index is 0.730. The topological polar surface area (TPSA) is 15.3 Å². The fraction of sp³-hybridized carbons (Fsp3) is 1.00. The Bertz CT molecular complexity index is 203. The van der Waals surface area contributed by atoms with Gasteiger partial charge in [0.15, 0.2) is 0 Å². The zero-order valence-corrected chi connectivity index (χ0v) is 13.6. The monoisotopic (exact) mass is 268 g/mol. The predicted molar refractivity (Wildman–Crippen MR) is 85.7 cm³/mol. The molecule has 1 N–H and O–H groups in total. The molecule has 1 unspecified atom stereocenters. The summed E-state index contributed by atoms with van der Waals surface area (Å²) in [7, 11) is 0. The summed E-state index contributed by atoms with van der Waals surface area (Å²) in [4.78, 5) is 2.61. The van der Waals surface area contributed by atoms with E-state index in [4.69, 9.17) is 0 Å². The van der Waals surface area contributed by atoms with Crippen molar-refractivity contribution in [2.24, 2.45) is 5.92 Å². The highest BCUT2D eigenvalue weighted by Crippen LogP contribution is 2.17. The maximum atomic E-state index is 3.66. The number of unbranched alkanes of at least 4 members (excludes halogenated alkanes) is 6. The molecule has 2 heteroatoms. The van der Waals surface area contributed by atoms with Crippen LogP contribution in [-0.2, 0) is 0 Å². The van der Waals surface area contributed by atoms with Crippen molar-refractivity contribution in [1.82, 2.24) is 10.2 Å². The molecule has 0 aliphatic carbocycles. The van der Waals surface area contributed by atoms with Gasteiger partial charge in [-0.15, -0.1) is 0 Å². The molecule has 1 saturated heterocycles. The van der Waals surface area contributed by atoms with Gasteiger partial charge in [0.2, 0.25) is 0 Å². The van der Waals surface area contributed by atoms with Crippen LogP contribution < -0.4 is 5.32 Å². The van der Waals surface area contributed by atoms with Gasteiger partial charge in [-0.05, 0) is 52.2 Å². The Morgan fingerprint density at radius 2 is 1.74 bits per heavy atom. The predicted octanol–water partition coefficient (Wildman–Crippen LogP) is 4.06. The minimum atomic E-state index is 0.730. The Morgan fingerprint density at radius 3 is 2.37 bits per heavy atom. The van der Waals surface area contributed by atoms with E-state index in [2.05, 4.69) is 31.0 Å². The van der Waals surface area contributed by atoms with Crippen molar-refractivity contribution in [1.29, 1.82) is 0 Å². The molecular weight excluding hydrogens is 232 g/mol. The van der Waals surface area contributed by atoms with Gasteiger partial charge in [0.1, 0.15) is 0 Å². The summed E-state index contributed by atoms with van der Waals surface area (Å²) in [5.41, 5.74) is 0. The molecule has 1 aliphatic rings. The summed E-state index contributed by atoms with van der Waals surface area (Å²) in [6, 6.07) is 0.730. The molecule has 114 valence electrons. The van der Waals surface area contributed by atoms with Gasteiger partial charge in [0.25, 0.3) is 0 Å². The first-order chi connectivity index (χ1) is 9.24. The lowest BCUT2D eigenvalue weighted by Gasteiger charge is -2.20. The summed E-state index contributed by atoms with van der Waals surface area (Å²) < 4.78 is 0. The van der Waals surface area contributed by atoms with E-state index >= 15 is 0 Å². The van der Waals surface area contributed by atoms with Crippen LogP contribution >= 0.6 is 0 Å². The molecule has 2 nitrogen and oxygen atoms in total. The van der Waals surface area contributed by atoms with Crippen molar-refractivity contribution >= 4 is 0 Å². The molecule has 0 aromatic carbocycles. The van der Waals surface area contributed by atoms with E-state index in [0.717, 1.165) is 12.0 Å². The van der Waals surface area contributed by atoms with Crippen molar-refractivity contribution in [3.63, 3.8) is 0 Å². The SMILES string of the molecule is CCCCCCCCCNCC1CCN(C(C)C)C1. The zero-order chi connectivity index (χ0) is 13.9. The summed E-state index contributed by atoms with van der Waals surface area (Å²) in [6.07, 6.45) is 11.3. The second-order valence-electron chi connectivity index (χ2n) is 6.57. The first-order valence-corrected chi connectivity index (χ1v) is 8.68. The highest BCUT2D eigenvalue weighted by atomic mass is 15.2. The second kappa shape index (κ2) is 10.7. The molecule has 0 radical (unpaired) electrons. The summed E-state index contributed by atoms with van der Waals surface area (Å²) in [5.74, 6) is 0.895. The standard InChI is InChI=1S/C17H36N2/c1-4-5-6-7-8-9-10-12-18-14-17-11-13-19(15-17)16(2)3/h16-18H,4-15H2,1-3H3. The molecule has 0 aromatic heterocycles. The molecule has 0 spiro atoms. The van der Waals surface area contributed by atoms with Crippen LogP contribution in [0.3, 0.4) is 0 Å². The average Bonchev–Trinajstić information content (AvgIpc) is 2.86. The summed E-state index contributed by atoms with van der Waals surface area (Å²) in [6.45, 7) is 12.0. The normalized spacial score (nSPS) is 20.5. The number of hydrogen-bond acceptors (Lipinski definition) is 2. The lowest BCUT2D eigenvalue weighted by Crippen LogP contribution is -2.30. The Labute approximate surface area is 121 Å². The van der Waals surface area contributed by atoms with Crippen molar-refractivity contribution in [2.45, 2.75) is 78.2 Å². The van der Waals surface area contributed by atoms with E-state index in [1.165, 1.54) is 77.5 Å². The van der Waals surface area contributed by atoms with E-state index in [-0.39, 0.29) is 0 Å². The van der Waals surface area contributed by atoms with E-state index in [1.807, 2.05) is 0 Å². The second-order valence-corrected chi connectivity index (χ2v) is 6.57. The van der Waals surface area contributed by atoms with Gasteiger partial charge < -0.3 is 10.2 Å². The van der Waals surface area contributed by atoms with Crippen molar-refractivity contribution < 1.29 is 0 Å². The van der Waals surface area contributed by atoms with Gasteiger partial charge in [0.05, 0.1) is 0 Å². The molecule has 0 amide bonds. The van der Waals surface area contributed by atoms with Crippen molar-refractivity contribution in [3.05, 3.63) is 0 Å². The number of hydrogen-bond donors (Lipinski definition) is 1. The third kappa shape index (κ3) is 7.94. The van der Waals surface area contributed by atoms with Gasteiger partial charge in [-0.2, -0.15) is 0 Å². The summed E-state index contributed by atoms with van der Waals surface area (Å²) >= 11 is 0. The molecule has 0 aromatic rings. The van der Waals surface area contributed by atoms with Crippen LogP contribution in [0.4, 0.5) is 0 Å². The number of rotatable bonds is 11. The van der Waals surface area contributed by atoms with Gasteiger partial charge in [0, 0.05) is 12.6 Å². The fourth-order valence-corrected chi connectivity index (χ4v) is 3.01. The highest BCUT2D eigenvalue weighted by Gasteiger charge is 2.23. The van der Waals surface area contributed by atoms with Crippen LogP contribution in [0.2, 0.25) is 0 Å². The molecule has 1 heterocycles. The average molecular weight is 268 g/mol. The Morgan fingerprint density at radius 1 is 1.05 bits per heavy atom. The fourth-order valence-electron chi connectivity index (χ4n) is 3.01. The molecule has 19 heavy (non-hydrogen) atoms. The first kappa shape index (κ1) is 17.0. The van der Waals surface area contributed by atoms with Crippen molar-refractivity contribution in [2.75, 3.05) is 26.2 Å². The van der Waals surface area contributed by atoms with Crippen LogP contribution in [0.25, 0.3) is 0 Å². The van der Waals surface area contributed by atoms with Crippen LogP contribution in [0.15, 0.2) is 0 Å². The molecule has 1 atom stereocenters. The van der Waals surface area contributed by atoms with Crippen LogP contribution in [0, 0.1) is 5.92 Å². The molecule has 0 saturated carbocycles. The maximum absolute atomic E-state index is 3.66. The smallest absolute Gasteiger partial charge is 0.00387 e. The number of likely N-dealkylation sites (tertiary alicyclic amines) is 1. The molecular formula is C17H36N2. The quantitative estimate of drug-likeness (QED) is 0.569. The maximum Gasteiger partial charge on any atom is 0.00387 e. The van der Waals surface area contributed by atoms with E-state index in [0.29, 0.717) is 0 Å². The Hall–Kier alpha value is -0.0800. The molecule has 1 aliphatic heterocycles. The van der Waals surface area contributed by atoms with Crippen LogP contribution in [-0.4, -0.2) is 37.1 Å². The lowest BCUT2D eigenvalue weighted by atomic mass is 10.1. The van der Waals surface area contributed by atoms with Gasteiger partial charge in [-0.3, -0.25) is 0 Å². The Kier molecular flexibility index (Phi) is 9.54. The van der Waals surface area contributed by atoms with Gasteiger partial charge in [-0.25, -0.2) is 0 Å². The highest BCUT2D eigenvalue weighted by molar-refractivity contribution is 4.78. The largest absolute Gasteiger partial charge is 0.316 e. The molecule has 1 rings (SSSR count). The first-order valence-electron chi connectivity index (χ1n) is 8.68. The lowest BCUT2D eigenvalue weighted by molar-refractivity contribution is 0.264. The zero-order valence-electron chi connectivity index (χ0n) is 13.6. The third-order valence-corrected chi connectivity index (χ3v) is 4.44. The summed E-state index contributed by atoms with van der Waals surface area (Å²) in [5, 5.41) is 3.66. The number of nitrogens with zero attached hydrogens (tertiary/aromatic N) is 1. The van der Waals surface area contributed by atoms with E-state index < -0.39 is 0 Å². The van der Waals surface area contributed by atoms with E-state index in [9.17, 15) is 0 Å². The van der Waals surface area contributed by atoms with Gasteiger partial charge >= 0.3 is 0 Å².